The Morgan fingerprint density at radius 2 is 2.25 bits per heavy atom. The summed E-state index contributed by atoms with van der Waals surface area (Å²) in [6, 6.07) is 2.62. The van der Waals surface area contributed by atoms with E-state index in [1.807, 2.05) is 0 Å². The summed E-state index contributed by atoms with van der Waals surface area (Å²) in [5.41, 5.74) is 7.32. The van der Waals surface area contributed by atoms with Crippen molar-refractivity contribution in [2.45, 2.75) is 13.8 Å². The molecule has 0 unspecified atom stereocenters. The summed E-state index contributed by atoms with van der Waals surface area (Å²) in [5, 5.41) is 0. The van der Waals surface area contributed by atoms with E-state index in [9.17, 15) is 9.18 Å². The molecule has 0 radical (unpaired) electrons. The fourth-order valence-corrected chi connectivity index (χ4v) is 1.27. The van der Waals surface area contributed by atoms with Crippen LogP contribution in [0, 0.1) is 12.7 Å². The monoisotopic (exact) mass is 223 g/mol. The Morgan fingerprint density at radius 1 is 1.56 bits per heavy atom. The van der Waals surface area contributed by atoms with Crippen molar-refractivity contribution in [2.24, 2.45) is 0 Å². The van der Waals surface area contributed by atoms with Gasteiger partial charge >= 0.3 is 5.97 Å². The van der Waals surface area contributed by atoms with Crippen molar-refractivity contribution >= 4 is 17.7 Å². The SMILES string of the molecule is CCOC(=O)C=Cc1cc(F)cc(C)c1N. The molecular weight excluding hydrogens is 209 g/mol. The van der Waals surface area contributed by atoms with Gasteiger partial charge in [0, 0.05) is 17.3 Å². The van der Waals surface area contributed by atoms with E-state index < -0.39 is 5.97 Å². The first-order chi connectivity index (χ1) is 7.54. The van der Waals surface area contributed by atoms with Crippen LogP contribution in [0.1, 0.15) is 18.1 Å². The number of benzene rings is 1. The van der Waals surface area contributed by atoms with E-state index in [0.717, 1.165) is 0 Å². The van der Waals surface area contributed by atoms with Gasteiger partial charge in [0.2, 0.25) is 0 Å². The first-order valence-electron chi connectivity index (χ1n) is 4.95. The van der Waals surface area contributed by atoms with Gasteiger partial charge in [0.15, 0.2) is 0 Å². The molecule has 3 nitrogen and oxygen atoms in total. The second-order valence-electron chi connectivity index (χ2n) is 3.31. The lowest BCUT2D eigenvalue weighted by molar-refractivity contribution is -0.137. The molecule has 0 aromatic heterocycles. The average molecular weight is 223 g/mol. The number of esters is 1. The van der Waals surface area contributed by atoms with Gasteiger partial charge in [-0.05, 0) is 37.6 Å². The van der Waals surface area contributed by atoms with E-state index in [2.05, 4.69) is 0 Å². The minimum absolute atomic E-state index is 0.306. The van der Waals surface area contributed by atoms with Gasteiger partial charge in [-0.15, -0.1) is 0 Å². The molecule has 0 saturated heterocycles. The maximum absolute atomic E-state index is 13.1. The van der Waals surface area contributed by atoms with E-state index in [1.54, 1.807) is 13.8 Å². The lowest BCUT2D eigenvalue weighted by Gasteiger charge is -2.04. The molecule has 0 aliphatic heterocycles. The molecular formula is C12H14FNO2. The van der Waals surface area contributed by atoms with Gasteiger partial charge in [0.05, 0.1) is 6.61 Å². The number of nitrogen functional groups attached to an aromatic ring is 1. The van der Waals surface area contributed by atoms with Crippen LogP contribution in [0.25, 0.3) is 6.08 Å². The van der Waals surface area contributed by atoms with Gasteiger partial charge in [-0.3, -0.25) is 0 Å². The average Bonchev–Trinajstić information content (AvgIpc) is 2.21. The lowest BCUT2D eigenvalue weighted by Crippen LogP contribution is -1.99. The molecule has 86 valence electrons. The van der Waals surface area contributed by atoms with Crippen LogP contribution in [0.2, 0.25) is 0 Å². The Bertz CT molecular complexity index is 427. The van der Waals surface area contributed by atoms with Gasteiger partial charge in [0.25, 0.3) is 0 Å². The molecule has 2 N–H and O–H groups in total. The molecule has 16 heavy (non-hydrogen) atoms. The van der Waals surface area contributed by atoms with Crippen LogP contribution >= 0.6 is 0 Å². The number of hydrogen-bond acceptors (Lipinski definition) is 3. The Balaban J connectivity index is 2.93. The van der Waals surface area contributed by atoms with Crippen molar-refractivity contribution < 1.29 is 13.9 Å². The third-order valence-corrected chi connectivity index (χ3v) is 2.07. The summed E-state index contributed by atoms with van der Waals surface area (Å²) in [5.74, 6) is -0.848. The van der Waals surface area contributed by atoms with E-state index in [1.165, 1.54) is 24.3 Å². The Hall–Kier alpha value is -1.84. The van der Waals surface area contributed by atoms with Crippen LogP contribution in [0.4, 0.5) is 10.1 Å². The molecule has 0 fully saturated rings. The highest BCUT2D eigenvalue weighted by Gasteiger charge is 2.03. The zero-order valence-corrected chi connectivity index (χ0v) is 9.29. The number of carbonyl (C=O) groups is 1. The number of ether oxygens (including phenoxy) is 1. The second kappa shape index (κ2) is 5.30. The number of hydrogen-bond donors (Lipinski definition) is 1. The summed E-state index contributed by atoms with van der Waals surface area (Å²) in [6.45, 7) is 3.73. The molecule has 0 bridgehead atoms. The fourth-order valence-electron chi connectivity index (χ4n) is 1.27. The summed E-state index contributed by atoms with van der Waals surface area (Å²) in [4.78, 5) is 11.1. The van der Waals surface area contributed by atoms with E-state index >= 15 is 0 Å². The molecule has 0 spiro atoms. The number of anilines is 1. The van der Waals surface area contributed by atoms with Crippen molar-refractivity contribution in [2.75, 3.05) is 12.3 Å². The summed E-state index contributed by atoms with van der Waals surface area (Å²) in [6.07, 6.45) is 2.68. The zero-order chi connectivity index (χ0) is 12.1. The quantitative estimate of drug-likeness (QED) is 0.486. The zero-order valence-electron chi connectivity index (χ0n) is 9.29. The molecule has 0 saturated carbocycles. The van der Waals surface area contributed by atoms with Crippen molar-refractivity contribution in [3.63, 3.8) is 0 Å². The van der Waals surface area contributed by atoms with E-state index in [0.29, 0.717) is 23.4 Å². The molecule has 1 aromatic rings. The maximum Gasteiger partial charge on any atom is 0.330 e. The number of halogens is 1. The maximum atomic E-state index is 13.1. The highest BCUT2D eigenvalue weighted by molar-refractivity contribution is 5.88. The summed E-state index contributed by atoms with van der Waals surface area (Å²) >= 11 is 0. The second-order valence-corrected chi connectivity index (χ2v) is 3.31. The van der Waals surface area contributed by atoms with Gasteiger partial charge in [0.1, 0.15) is 5.82 Å². The summed E-state index contributed by atoms with van der Waals surface area (Å²) < 4.78 is 17.8. The van der Waals surface area contributed by atoms with Crippen molar-refractivity contribution in [3.8, 4) is 0 Å². The van der Waals surface area contributed by atoms with Crippen LogP contribution < -0.4 is 5.73 Å². The lowest BCUT2D eigenvalue weighted by atomic mass is 10.1. The van der Waals surface area contributed by atoms with E-state index in [4.69, 9.17) is 10.5 Å². The van der Waals surface area contributed by atoms with Crippen molar-refractivity contribution in [1.82, 2.24) is 0 Å². The minimum Gasteiger partial charge on any atom is -0.463 e. The third kappa shape index (κ3) is 3.08. The molecule has 0 aliphatic carbocycles. The van der Waals surface area contributed by atoms with Crippen molar-refractivity contribution in [3.05, 3.63) is 35.2 Å². The normalized spacial score (nSPS) is 10.7. The standard InChI is InChI=1S/C12H14FNO2/c1-3-16-11(15)5-4-9-7-10(13)6-8(2)12(9)14/h4-7H,3,14H2,1-2H3. The highest BCUT2D eigenvalue weighted by atomic mass is 19.1. The van der Waals surface area contributed by atoms with Gasteiger partial charge < -0.3 is 10.5 Å². The minimum atomic E-state index is -0.469. The Kier molecular flexibility index (Phi) is 4.05. The Morgan fingerprint density at radius 3 is 2.88 bits per heavy atom. The number of aryl methyl sites for hydroxylation is 1. The van der Waals surface area contributed by atoms with Gasteiger partial charge in [-0.1, -0.05) is 0 Å². The predicted molar refractivity (Wildman–Crippen MR) is 61.2 cm³/mol. The molecule has 0 atom stereocenters. The largest absolute Gasteiger partial charge is 0.463 e. The number of nitrogens with two attached hydrogens (primary N) is 1. The van der Waals surface area contributed by atoms with Gasteiger partial charge in [-0.2, -0.15) is 0 Å². The van der Waals surface area contributed by atoms with Crippen LogP contribution in [0.15, 0.2) is 18.2 Å². The molecule has 1 aromatic carbocycles. The number of carbonyl (C=O) groups excluding carboxylic acids is 1. The molecule has 0 heterocycles. The fraction of sp³-hybridized carbons (Fsp3) is 0.250. The van der Waals surface area contributed by atoms with Crippen LogP contribution in [0.5, 0.6) is 0 Å². The molecule has 4 heteroatoms. The first-order valence-corrected chi connectivity index (χ1v) is 4.95. The van der Waals surface area contributed by atoms with Crippen molar-refractivity contribution in [1.29, 1.82) is 0 Å². The smallest absolute Gasteiger partial charge is 0.330 e. The predicted octanol–water partition coefficient (Wildman–Crippen LogP) is 2.29. The van der Waals surface area contributed by atoms with Crippen LogP contribution in [-0.4, -0.2) is 12.6 Å². The highest BCUT2D eigenvalue weighted by Crippen LogP contribution is 2.20. The molecule has 1 rings (SSSR count). The molecule has 0 aliphatic rings. The van der Waals surface area contributed by atoms with Crippen LogP contribution in [0.3, 0.4) is 0 Å². The third-order valence-electron chi connectivity index (χ3n) is 2.07. The van der Waals surface area contributed by atoms with Gasteiger partial charge in [-0.25, -0.2) is 9.18 Å². The summed E-state index contributed by atoms with van der Waals surface area (Å²) in [7, 11) is 0. The van der Waals surface area contributed by atoms with Crippen LogP contribution in [-0.2, 0) is 9.53 Å². The number of rotatable bonds is 3. The molecule has 0 amide bonds. The first kappa shape index (κ1) is 12.2. The van der Waals surface area contributed by atoms with E-state index in [-0.39, 0.29) is 5.82 Å². The Labute approximate surface area is 93.7 Å². The topological polar surface area (TPSA) is 52.3 Å².